The van der Waals surface area contributed by atoms with E-state index < -0.39 is 5.97 Å². The number of carbonyl (C=O) groups is 1. The number of hydrogen-bond acceptors (Lipinski definition) is 5. The molecule has 4 nitrogen and oxygen atoms in total. The first kappa shape index (κ1) is 19.4. The Labute approximate surface area is 165 Å². The number of unbranched alkanes of at least 4 members (excludes halogenated alkanes) is 2. The van der Waals surface area contributed by atoms with E-state index in [1.807, 2.05) is 36.4 Å². The molecule has 0 aliphatic carbocycles. The summed E-state index contributed by atoms with van der Waals surface area (Å²) in [5.74, 6) is -0.391. The van der Waals surface area contributed by atoms with Crippen molar-refractivity contribution < 1.29 is 9.63 Å². The van der Waals surface area contributed by atoms with Crippen molar-refractivity contribution in [2.24, 2.45) is 5.16 Å². The molecule has 0 saturated carbocycles. The van der Waals surface area contributed by atoms with Crippen molar-refractivity contribution in [2.45, 2.75) is 39.5 Å². The predicted octanol–water partition coefficient (Wildman–Crippen LogP) is 5.50. The monoisotopic (exact) mass is 382 g/mol. The van der Waals surface area contributed by atoms with Crippen LogP contribution in [0.5, 0.6) is 0 Å². The van der Waals surface area contributed by atoms with E-state index in [9.17, 15) is 4.79 Å². The molecule has 2 heterocycles. The van der Waals surface area contributed by atoms with Crippen LogP contribution in [0.3, 0.4) is 0 Å². The average Bonchev–Trinajstić information content (AvgIpc) is 3.30. The second-order valence-electron chi connectivity index (χ2n) is 6.61. The van der Waals surface area contributed by atoms with Gasteiger partial charge in [-0.2, -0.15) is 0 Å². The van der Waals surface area contributed by atoms with E-state index in [0.717, 1.165) is 23.5 Å². The summed E-state index contributed by atoms with van der Waals surface area (Å²) in [6, 6.07) is 13.9. The summed E-state index contributed by atoms with van der Waals surface area (Å²) in [6.45, 7) is 6.59. The molecule has 1 aromatic heterocycles. The van der Waals surface area contributed by atoms with Gasteiger partial charge < -0.3 is 9.74 Å². The van der Waals surface area contributed by atoms with Gasteiger partial charge in [0.2, 0.25) is 0 Å². The minimum absolute atomic E-state index is 0.391. The fraction of sp³-hybridized carbons (Fsp3) is 0.364. The van der Waals surface area contributed by atoms with Crippen molar-refractivity contribution >= 4 is 34.1 Å². The highest BCUT2D eigenvalue weighted by molar-refractivity contribution is 7.17. The summed E-state index contributed by atoms with van der Waals surface area (Å²) in [5, 5.41) is 5.24. The highest BCUT2D eigenvalue weighted by Crippen LogP contribution is 2.30. The molecule has 2 aromatic rings. The van der Waals surface area contributed by atoms with Gasteiger partial charge in [0, 0.05) is 23.5 Å². The van der Waals surface area contributed by atoms with E-state index in [2.05, 4.69) is 36.0 Å². The van der Waals surface area contributed by atoms with Crippen molar-refractivity contribution in [2.75, 3.05) is 18.0 Å². The molecular weight excluding hydrogens is 356 g/mol. The molecule has 0 bridgehead atoms. The third-order valence-electron chi connectivity index (χ3n) is 4.52. The lowest BCUT2D eigenvalue weighted by molar-refractivity contribution is -0.136. The van der Waals surface area contributed by atoms with E-state index >= 15 is 0 Å². The second-order valence-corrected chi connectivity index (χ2v) is 7.71. The Balaban J connectivity index is 1.82. The van der Waals surface area contributed by atoms with Gasteiger partial charge in [-0.25, -0.2) is 4.79 Å². The van der Waals surface area contributed by atoms with Crippen LogP contribution < -0.4 is 4.90 Å². The molecule has 0 spiro atoms. The smallest absolute Gasteiger partial charge is 0.363 e. The molecular formula is C22H26N2O2S. The quantitative estimate of drug-likeness (QED) is 0.425. The first-order chi connectivity index (χ1) is 13.2. The molecule has 142 valence electrons. The minimum Gasteiger partial charge on any atom is -0.363 e. The van der Waals surface area contributed by atoms with E-state index in [4.69, 9.17) is 4.84 Å². The van der Waals surface area contributed by atoms with Gasteiger partial charge >= 0.3 is 5.97 Å². The topological polar surface area (TPSA) is 41.9 Å². The largest absolute Gasteiger partial charge is 0.368 e. The Kier molecular flexibility index (Phi) is 6.82. The number of rotatable bonds is 9. The second kappa shape index (κ2) is 9.51. The third kappa shape index (κ3) is 4.86. The maximum absolute atomic E-state index is 12.2. The third-order valence-corrected chi connectivity index (χ3v) is 5.61. The van der Waals surface area contributed by atoms with Crippen LogP contribution in [0.15, 0.2) is 53.2 Å². The minimum atomic E-state index is -0.391. The normalized spacial score (nSPS) is 15.1. The van der Waals surface area contributed by atoms with Crippen LogP contribution in [-0.4, -0.2) is 24.8 Å². The molecule has 0 N–H and O–H groups in total. The molecule has 3 rings (SSSR count). The molecule has 0 fully saturated rings. The number of oxime groups is 1. The summed E-state index contributed by atoms with van der Waals surface area (Å²) in [7, 11) is 0. The van der Waals surface area contributed by atoms with Gasteiger partial charge in [0.1, 0.15) is 5.71 Å². The Hall–Kier alpha value is -2.40. The van der Waals surface area contributed by atoms with E-state index in [-0.39, 0.29) is 0 Å². The Morgan fingerprint density at radius 1 is 1.04 bits per heavy atom. The zero-order valence-corrected chi connectivity index (χ0v) is 16.8. The van der Waals surface area contributed by atoms with Crippen LogP contribution in [0.25, 0.3) is 6.08 Å². The van der Waals surface area contributed by atoms with Gasteiger partial charge in [-0.05, 0) is 31.1 Å². The predicted molar refractivity (Wildman–Crippen MR) is 113 cm³/mol. The SMILES string of the molecule is CCCCN(CCCC)c1ccc(C=C2C(=O)ON=C2c2ccccc2)s1. The van der Waals surface area contributed by atoms with Crippen LogP contribution in [0.4, 0.5) is 5.00 Å². The van der Waals surface area contributed by atoms with Gasteiger partial charge in [-0.1, -0.05) is 62.2 Å². The fourth-order valence-electron chi connectivity index (χ4n) is 2.98. The average molecular weight is 383 g/mol. The summed E-state index contributed by atoms with van der Waals surface area (Å²) in [5.41, 5.74) is 2.01. The maximum atomic E-state index is 12.2. The molecule has 0 atom stereocenters. The van der Waals surface area contributed by atoms with Gasteiger partial charge in [-0.3, -0.25) is 0 Å². The number of anilines is 1. The zero-order chi connectivity index (χ0) is 19.1. The Morgan fingerprint density at radius 3 is 2.41 bits per heavy atom. The number of carbonyl (C=O) groups excluding carboxylic acids is 1. The summed E-state index contributed by atoms with van der Waals surface area (Å²) in [4.78, 5) is 20.6. The van der Waals surface area contributed by atoms with Crippen LogP contribution in [0, 0.1) is 0 Å². The van der Waals surface area contributed by atoms with Crippen LogP contribution >= 0.6 is 11.3 Å². The molecule has 5 heteroatoms. The van der Waals surface area contributed by atoms with Crippen molar-refractivity contribution in [1.82, 2.24) is 0 Å². The summed E-state index contributed by atoms with van der Waals surface area (Å²) < 4.78 is 0. The highest BCUT2D eigenvalue weighted by atomic mass is 32.1. The van der Waals surface area contributed by atoms with Crippen molar-refractivity contribution in [3.05, 3.63) is 58.5 Å². The van der Waals surface area contributed by atoms with E-state index in [1.54, 1.807) is 11.3 Å². The van der Waals surface area contributed by atoms with E-state index in [0.29, 0.717) is 11.3 Å². The van der Waals surface area contributed by atoms with E-state index in [1.165, 1.54) is 30.7 Å². The molecule has 0 radical (unpaired) electrons. The molecule has 0 amide bonds. The van der Waals surface area contributed by atoms with Gasteiger partial charge in [0.05, 0.1) is 10.6 Å². The Bertz CT molecular complexity index is 816. The van der Waals surface area contributed by atoms with Gasteiger partial charge in [0.25, 0.3) is 0 Å². The molecule has 1 aliphatic rings. The standard InChI is InChI=1S/C22H26N2O2S/c1-3-5-14-24(15-6-4-2)20-13-12-18(27-20)16-19-21(23-26-22(19)25)17-10-8-7-9-11-17/h7-13,16H,3-6,14-15H2,1-2H3. The van der Waals surface area contributed by atoms with Crippen LogP contribution in [-0.2, 0) is 9.63 Å². The van der Waals surface area contributed by atoms with Crippen LogP contribution in [0.2, 0.25) is 0 Å². The summed E-state index contributed by atoms with van der Waals surface area (Å²) >= 11 is 1.71. The molecule has 27 heavy (non-hydrogen) atoms. The number of benzene rings is 1. The van der Waals surface area contributed by atoms with Gasteiger partial charge in [0.15, 0.2) is 0 Å². The van der Waals surface area contributed by atoms with Crippen LogP contribution in [0.1, 0.15) is 50.0 Å². The lowest BCUT2D eigenvalue weighted by Crippen LogP contribution is -2.24. The number of nitrogens with zero attached hydrogens (tertiary/aromatic N) is 2. The first-order valence-electron chi connectivity index (χ1n) is 9.64. The molecule has 1 aliphatic heterocycles. The maximum Gasteiger partial charge on any atom is 0.368 e. The summed E-state index contributed by atoms with van der Waals surface area (Å²) in [6.07, 6.45) is 6.65. The molecule has 1 aromatic carbocycles. The van der Waals surface area contributed by atoms with Crippen molar-refractivity contribution in [3.63, 3.8) is 0 Å². The zero-order valence-electron chi connectivity index (χ0n) is 16.0. The van der Waals surface area contributed by atoms with Gasteiger partial charge in [-0.15, -0.1) is 11.3 Å². The first-order valence-corrected chi connectivity index (χ1v) is 10.5. The fourth-order valence-corrected chi connectivity index (χ4v) is 3.98. The van der Waals surface area contributed by atoms with Crippen molar-refractivity contribution in [3.8, 4) is 0 Å². The number of hydrogen-bond donors (Lipinski definition) is 0. The lowest BCUT2D eigenvalue weighted by atomic mass is 10.0. The van der Waals surface area contributed by atoms with Crippen molar-refractivity contribution in [1.29, 1.82) is 0 Å². The highest BCUT2D eigenvalue weighted by Gasteiger charge is 2.26. The lowest BCUT2D eigenvalue weighted by Gasteiger charge is -2.22. The Morgan fingerprint density at radius 2 is 1.74 bits per heavy atom. The molecule has 0 unspecified atom stereocenters. The molecule has 0 saturated heterocycles. The number of thiophene rings is 1.